The van der Waals surface area contributed by atoms with E-state index >= 15 is 0 Å². The number of ether oxygens (including phenoxy) is 1. The fourth-order valence-electron chi connectivity index (χ4n) is 3.71. The molecule has 0 bridgehead atoms. The minimum Gasteiger partial charge on any atom is -0.497 e. The second-order valence-electron chi connectivity index (χ2n) is 7.05. The summed E-state index contributed by atoms with van der Waals surface area (Å²) < 4.78 is 5.31. The highest BCUT2D eigenvalue weighted by molar-refractivity contribution is 5.79. The summed E-state index contributed by atoms with van der Waals surface area (Å²) in [5.41, 5.74) is 1.25. The number of carbonyl (C=O) groups is 1. The van der Waals surface area contributed by atoms with Crippen LogP contribution in [-0.4, -0.2) is 74.0 Å². The van der Waals surface area contributed by atoms with Gasteiger partial charge in [0.15, 0.2) is 0 Å². The van der Waals surface area contributed by atoms with Crippen LogP contribution in [0.2, 0.25) is 0 Å². The first-order chi connectivity index (χ1) is 11.7. The number of carbonyl (C=O) groups excluding carboxylic acids is 1. The van der Waals surface area contributed by atoms with Gasteiger partial charge in [0.1, 0.15) is 5.75 Å². The van der Waals surface area contributed by atoms with Crippen LogP contribution in [0.4, 0.5) is 0 Å². The zero-order chi connectivity index (χ0) is 16.9. The molecule has 5 heteroatoms. The summed E-state index contributed by atoms with van der Waals surface area (Å²) in [5, 5.41) is 0. The summed E-state index contributed by atoms with van der Waals surface area (Å²) in [5.74, 6) is 1.42. The lowest BCUT2D eigenvalue weighted by molar-refractivity contribution is -0.139. The molecule has 0 aliphatic carbocycles. The quantitative estimate of drug-likeness (QED) is 0.841. The molecule has 5 nitrogen and oxygen atoms in total. The normalized spacial score (nSPS) is 23.2. The molecular formula is C19H29N3O2. The monoisotopic (exact) mass is 331 g/mol. The molecule has 2 saturated heterocycles. The van der Waals surface area contributed by atoms with E-state index < -0.39 is 0 Å². The number of hydrogen-bond donors (Lipinski definition) is 0. The van der Waals surface area contributed by atoms with E-state index in [1.807, 2.05) is 12.1 Å². The van der Waals surface area contributed by atoms with E-state index in [4.69, 9.17) is 4.74 Å². The first-order valence-electron chi connectivity index (χ1n) is 8.98. The Morgan fingerprint density at radius 2 is 2.00 bits per heavy atom. The van der Waals surface area contributed by atoms with Crippen molar-refractivity contribution in [2.45, 2.75) is 19.4 Å². The van der Waals surface area contributed by atoms with Gasteiger partial charge in [-0.15, -0.1) is 0 Å². The number of nitrogens with zero attached hydrogens (tertiary/aromatic N) is 3. The fraction of sp³-hybridized carbons (Fsp3) is 0.632. The summed E-state index contributed by atoms with van der Waals surface area (Å²) in [6.07, 6.45) is 2.13. The van der Waals surface area contributed by atoms with Crippen molar-refractivity contribution >= 4 is 5.91 Å². The van der Waals surface area contributed by atoms with Crippen LogP contribution in [-0.2, 0) is 11.3 Å². The predicted octanol–water partition coefficient (Wildman–Crippen LogP) is 1.68. The van der Waals surface area contributed by atoms with E-state index in [0.29, 0.717) is 5.91 Å². The first-order valence-corrected chi connectivity index (χ1v) is 8.98. The molecule has 3 rings (SSSR count). The zero-order valence-corrected chi connectivity index (χ0v) is 14.9. The zero-order valence-electron chi connectivity index (χ0n) is 14.9. The molecule has 0 N–H and O–H groups in total. The largest absolute Gasteiger partial charge is 0.497 e. The van der Waals surface area contributed by atoms with Crippen LogP contribution in [0.25, 0.3) is 0 Å². The van der Waals surface area contributed by atoms with Crippen LogP contribution >= 0.6 is 0 Å². The number of likely N-dealkylation sites (tertiary alicyclic amines) is 1. The van der Waals surface area contributed by atoms with Crippen molar-refractivity contribution in [2.24, 2.45) is 5.92 Å². The maximum atomic E-state index is 12.8. The first kappa shape index (κ1) is 17.2. The Bertz CT molecular complexity index is 555. The predicted molar refractivity (Wildman–Crippen MR) is 95.1 cm³/mol. The van der Waals surface area contributed by atoms with Crippen molar-refractivity contribution in [3.8, 4) is 5.75 Å². The van der Waals surface area contributed by atoms with Gasteiger partial charge in [-0.3, -0.25) is 9.69 Å². The molecule has 0 unspecified atom stereocenters. The molecule has 2 heterocycles. The molecule has 2 fully saturated rings. The van der Waals surface area contributed by atoms with Crippen LogP contribution in [0.3, 0.4) is 0 Å². The summed E-state index contributed by atoms with van der Waals surface area (Å²) in [6.45, 7) is 6.58. The third-order valence-electron chi connectivity index (χ3n) is 5.21. The van der Waals surface area contributed by atoms with Crippen molar-refractivity contribution in [1.29, 1.82) is 0 Å². The second kappa shape index (κ2) is 7.99. The van der Waals surface area contributed by atoms with Gasteiger partial charge in [0.25, 0.3) is 0 Å². The Morgan fingerprint density at radius 3 is 2.75 bits per heavy atom. The smallest absolute Gasteiger partial charge is 0.227 e. The summed E-state index contributed by atoms with van der Waals surface area (Å²) in [7, 11) is 3.82. The van der Waals surface area contributed by atoms with Crippen molar-refractivity contribution in [3.63, 3.8) is 0 Å². The number of piperidine rings is 1. The number of rotatable bonds is 4. The highest BCUT2D eigenvalue weighted by Crippen LogP contribution is 2.22. The van der Waals surface area contributed by atoms with Crippen LogP contribution in [0.15, 0.2) is 24.3 Å². The molecule has 132 valence electrons. The van der Waals surface area contributed by atoms with Gasteiger partial charge in [0, 0.05) is 39.3 Å². The Balaban J connectivity index is 1.56. The number of hydrogen-bond acceptors (Lipinski definition) is 4. The van der Waals surface area contributed by atoms with Gasteiger partial charge in [0.2, 0.25) is 5.91 Å². The SMILES string of the molecule is COc1cccc(CN2CCC[C@H](C(=O)N3CCN(C)CC3)C2)c1. The molecule has 2 aliphatic heterocycles. The van der Waals surface area contributed by atoms with E-state index in [0.717, 1.165) is 64.4 Å². The number of piperazine rings is 1. The average molecular weight is 331 g/mol. The Labute approximate surface area is 145 Å². The molecule has 0 saturated carbocycles. The van der Waals surface area contributed by atoms with Crippen molar-refractivity contribution in [3.05, 3.63) is 29.8 Å². The van der Waals surface area contributed by atoms with Crippen LogP contribution < -0.4 is 4.74 Å². The Morgan fingerprint density at radius 1 is 1.21 bits per heavy atom. The number of amides is 1. The molecular weight excluding hydrogens is 302 g/mol. The molecule has 1 amide bonds. The average Bonchev–Trinajstić information content (AvgIpc) is 2.62. The Hall–Kier alpha value is -1.59. The third kappa shape index (κ3) is 4.28. The van der Waals surface area contributed by atoms with E-state index in [2.05, 4.69) is 33.9 Å². The van der Waals surface area contributed by atoms with Crippen LogP contribution in [0.1, 0.15) is 18.4 Å². The maximum absolute atomic E-state index is 12.8. The topological polar surface area (TPSA) is 36.0 Å². The highest BCUT2D eigenvalue weighted by Gasteiger charge is 2.30. The van der Waals surface area contributed by atoms with Crippen molar-refractivity contribution in [1.82, 2.24) is 14.7 Å². The Kier molecular flexibility index (Phi) is 5.74. The maximum Gasteiger partial charge on any atom is 0.227 e. The molecule has 1 aromatic rings. The molecule has 0 aromatic heterocycles. The number of likely N-dealkylation sites (N-methyl/N-ethyl adjacent to an activating group) is 1. The van der Waals surface area contributed by atoms with Gasteiger partial charge in [0.05, 0.1) is 13.0 Å². The van der Waals surface area contributed by atoms with Gasteiger partial charge in [-0.1, -0.05) is 12.1 Å². The lowest BCUT2D eigenvalue weighted by Crippen LogP contribution is -2.51. The summed E-state index contributed by atoms with van der Waals surface area (Å²) in [4.78, 5) is 19.6. The molecule has 1 aromatic carbocycles. The van der Waals surface area contributed by atoms with Crippen LogP contribution in [0.5, 0.6) is 5.75 Å². The van der Waals surface area contributed by atoms with Crippen molar-refractivity contribution in [2.75, 3.05) is 53.4 Å². The minimum absolute atomic E-state index is 0.160. The lowest BCUT2D eigenvalue weighted by Gasteiger charge is -2.38. The highest BCUT2D eigenvalue weighted by atomic mass is 16.5. The lowest BCUT2D eigenvalue weighted by atomic mass is 9.95. The summed E-state index contributed by atoms with van der Waals surface area (Å²) >= 11 is 0. The van der Waals surface area contributed by atoms with E-state index in [1.165, 1.54) is 5.56 Å². The molecule has 1 atom stereocenters. The minimum atomic E-state index is 0.160. The van der Waals surface area contributed by atoms with Crippen LogP contribution in [0, 0.1) is 5.92 Å². The van der Waals surface area contributed by atoms with Gasteiger partial charge in [-0.25, -0.2) is 0 Å². The van der Waals surface area contributed by atoms with Gasteiger partial charge in [-0.05, 0) is 44.1 Å². The molecule has 0 radical (unpaired) electrons. The molecule has 24 heavy (non-hydrogen) atoms. The van der Waals surface area contributed by atoms with Gasteiger partial charge < -0.3 is 14.5 Å². The van der Waals surface area contributed by atoms with E-state index in [1.54, 1.807) is 7.11 Å². The number of methoxy groups -OCH3 is 1. The number of benzene rings is 1. The fourth-order valence-corrected chi connectivity index (χ4v) is 3.71. The third-order valence-corrected chi connectivity index (χ3v) is 5.21. The van der Waals surface area contributed by atoms with Gasteiger partial charge >= 0.3 is 0 Å². The molecule has 0 spiro atoms. The van der Waals surface area contributed by atoms with Gasteiger partial charge in [-0.2, -0.15) is 0 Å². The van der Waals surface area contributed by atoms with E-state index in [-0.39, 0.29) is 5.92 Å². The van der Waals surface area contributed by atoms with E-state index in [9.17, 15) is 4.79 Å². The van der Waals surface area contributed by atoms with Crippen molar-refractivity contribution < 1.29 is 9.53 Å². The molecule has 2 aliphatic rings. The summed E-state index contributed by atoms with van der Waals surface area (Å²) in [6, 6.07) is 8.23. The second-order valence-corrected chi connectivity index (χ2v) is 7.05. The standard InChI is InChI=1S/C19H29N3O2/c1-20-9-11-22(12-10-20)19(23)17-6-4-8-21(15-17)14-16-5-3-7-18(13-16)24-2/h3,5,7,13,17H,4,6,8-12,14-15H2,1-2H3/t17-/m0/s1.